The van der Waals surface area contributed by atoms with Gasteiger partial charge >= 0.3 is 0 Å². The highest BCUT2D eigenvalue weighted by atomic mass is 32.2. The first-order chi connectivity index (χ1) is 12.5. The van der Waals surface area contributed by atoms with E-state index in [1.54, 1.807) is 23.9 Å². The number of benzene rings is 2. The Hall–Kier alpha value is -2.67. The number of nitrogens with one attached hydrogen (secondary N) is 2. The van der Waals surface area contributed by atoms with Crippen molar-refractivity contribution < 1.29 is 9.18 Å². The van der Waals surface area contributed by atoms with Crippen molar-refractivity contribution in [1.29, 1.82) is 0 Å². The maximum atomic E-state index is 12.9. The van der Waals surface area contributed by atoms with E-state index in [1.807, 2.05) is 31.2 Å². The predicted molar refractivity (Wildman–Crippen MR) is 104 cm³/mol. The van der Waals surface area contributed by atoms with Crippen LogP contribution in [0.4, 0.5) is 10.1 Å². The Morgan fingerprint density at radius 2 is 1.92 bits per heavy atom. The Balaban J connectivity index is 1.67. The van der Waals surface area contributed by atoms with E-state index >= 15 is 0 Å². The highest BCUT2D eigenvalue weighted by Crippen LogP contribution is 2.20. The third-order valence-corrected chi connectivity index (χ3v) is 4.73. The maximum Gasteiger partial charge on any atom is 0.217 e. The van der Waals surface area contributed by atoms with Gasteiger partial charge in [-0.05, 0) is 42.3 Å². The van der Waals surface area contributed by atoms with Crippen LogP contribution in [0.1, 0.15) is 31.0 Å². The maximum absolute atomic E-state index is 12.9. The summed E-state index contributed by atoms with van der Waals surface area (Å²) in [6, 6.07) is 14.0. The number of carbonyl (C=O) groups is 1. The van der Waals surface area contributed by atoms with E-state index in [0.29, 0.717) is 16.6 Å². The van der Waals surface area contributed by atoms with Gasteiger partial charge in [-0.2, -0.15) is 5.10 Å². The second kappa shape index (κ2) is 8.14. The van der Waals surface area contributed by atoms with Crippen molar-refractivity contribution in [2.24, 2.45) is 10.1 Å². The molecule has 1 aliphatic heterocycles. The number of nitrogens with zero attached hydrogens (tertiary/aromatic N) is 2. The zero-order valence-corrected chi connectivity index (χ0v) is 15.3. The Morgan fingerprint density at radius 1 is 1.23 bits per heavy atom. The summed E-state index contributed by atoms with van der Waals surface area (Å²) in [7, 11) is 0. The lowest BCUT2D eigenvalue weighted by atomic mass is 10.0. The summed E-state index contributed by atoms with van der Waals surface area (Å²) in [5.74, 6) is 0.356. The van der Waals surface area contributed by atoms with E-state index in [-0.39, 0.29) is 17.8 Å². The molecule has 1 aliphatic rings. The van der Waals surface area contributed by atoms with Gasteiger partial charge in [0.2, 0.25) is 5.91 Å². The fourth-order valence-corrected chi connectivity index (χ4v) is 3.29. The normalized spacial score (nSPS) is 16.6. The molecule has 2 aromatic rings. The number of thioether (sulfide) groups is 1. The van der Waals surface area contributed by atoms with Crippen LogP contribution in [0, 0.1) is 5.82 Å². The summed E-state index contributed by atoms with van der Waals surface area (Å²) in [6.45, 7) is 3.46. The van der Waals surface area contributed by atoms with Crippen molar-refractivity contribution in [3.8, 4) is 0 Å². The third kappa shape index (κ3) is 4.70. The zero-order chi connectivity index (χ0) is 18.5. The molecule has 2 aromatic carbocycles. The first-order valence-electron chi connectivity index (χ1n) is 8.18. The van der Waals surface area contributed by atoms with Crippen molar-refractivity contribution >= 4 is 34.2 Å². The van der Waals surface area contributed by atoms with Crippen LogP contribution in [0.25, 0.3) is 0 Å². The van der Waals surface area contributed by atoms with E-state index in [0.717, 1.165) is 16.8 Å². The summed E-state index contributed by atoms with van der Waals surface area (Å²) in [4.78, 5) is 15.6. The molecule has 0 bridgehead atoms. The molecule has 0 saturated heterocycles. The van der Waals surface area contributed by atoms with Gasteiger partial charge in [0.05, 0.1) is 17.4 Å². The highest BCUT2D eigenvalue weighted by molar-refractivity contribution is 8.14. The quantitative estimate of drug-likeness (QED) is 0.861. The SMILES string of the molecule is CC(=O)NC(C)c1ccc(C2=NNC(=Nc3ccc(F)cc3)SC2)cc1. The Kier molecular flexibility index (Phi) is 5.68. The molecule has 1 unspecified atom stereocenters. The molecule has 5 nitrogen and oxygen atoms in total. The predicted octanol–water partition coefficient (Wildman–Crippen LogP) is 3.75. The number of hydrazone groups is 1. The van der Waals surface area contributed by atoms with Crippen LogP contribution in [0.15, 0.2) is 58.6 Å². The molecular formula is C19H19FN4OS. The van der Waals surface area contributed by atoms with Gasteiger partial charge in [-0.25, -0.2) is 9.38 Å². The van der Waals surface area contributed by atoms with Crippen LogP contribution >= 0.6 is 11.8 Å². The Bertz CT molecular complexity index is 847. The average Bonchev–Trinajstić information content (AvgIpc) is 2.64. The number of hydrogen-bond donors (Lipinski definition) is 2. The smallest absolute Gasteiger partial charge is 0.217 e. The van der Waals surface area contributed by atoms with Gasteiger partial charge < -0.3 is 5.32 Å². The molecular weight excluding hydrogens is 351 g/mol. The van der Waals surface area contributed by atoms with E-state index < -0.39 is 0 Å². The van der Waals surface area contributed by atoms with E-state index in [9.17, 15) is 9.18 Å². The van der Waals surface area contributed by atoms with Crippen LogP contribution in [0.3, 0.4) is 0 Å². The number of carbonyl (C=O) groups excluding carboxylic acids is 1. The number of aliphatic imine (C=N–C) groups is 1. The lowest BCUT2D eigenvalue weighted by molar-refractivity contribution is -0.119. The van der Waals surface area contributed by atoms with Crippen molar-refractivity contribution in [2.45, 2.75) is 19.9 Å². The molecule has 0 saturated carbocycles. The topological polar surface area (TPSA) is 65.8 Å². The van der Waals surface area contributed by atoms with Crippen molar-refractivity contribution in [3.63, 3.8) is 0 Å². The first-order valence-corrected chi connectivity index (χ1v) is 9.17. The van der Waals surface area contributed by atoms with Gasteiger partial charge in [-0.3, -0.25) is 10.2 Å². The second-order valence-corrected chi connectivity index (χ2v) is 6.86. The van der Waals surface area contributed by atoms with Crippen LogP contribution in [-0.2, 0) is 4.79 Å². The minimum atomic E-state index is -0.283. The standard InChI is InChI=1S/C19H19FN4OS/c1-12(21-13(2)25)14-3-5-15(6-4-14)18-11-26-19(24-23-18)22-17-9-7-16(20)8-10-17/h3-10,12H,11H2,1-2H3,(H,21,25)(H,22,24). The number of amidine groups is 1. The minimum Gasteiger partial charge on any atom is -0.350 e. The Morgan fingerprint density at radius 3 is 2.50 bits per heavy atom. The largest absolute Gasteiger partial charge is 0.350 e. The minimum absolute atomic E-state index is 0.0308. The molecule has 3 rings (SSSR count). The molecule has 26 heavy (non-hydrogen) atoms. The molecule has 134 valence electrons. The fourth-order valence-electron chi connectivity index (χ4n) is 2.51. The van der Waals surface area contributed by atoms with Crippen LogP contribution in [-0.4, -0.2) is 22.5 Å². The molecule has 1 atom stereocenters. The van der Waals surface area contributed by atoms with Crippen molar-refractivity contribution in [1.82, 2.24) is 10.7 Å². The summed E-state index contributed by atoms with van der Waals surface area (Å²) in [5.41, 5.74) is 6.60. The van der Waals surface area contributed by atoms with E-state index in [2.05, 4.69) is 20.8 Å². The van der Waals surface area contributed by atoms with E-state index in [1.165, 1.54) is 19.1 Å². The third-order valence-electron chi connectivity index (χ3n) is 3.85. The summed E-state index contributed by atoms with van der Waals surface area (Å²) in [6.07, 6.45) is 0. The molecule has 1 amide bonds. The molecule has 1 heterocycles. The summed E-state index contributed by atoms with van der Waals surface area (Å²) in [5, 5.41) is 7.93. The van der Waals surface area contributed by atoms with Crippen LogP contribution in [0.5, 0.6) is 0 Å². The van der Waals surface area contributed by atoms with Crippen LogP contribution in [0.2, 0.25) is 0 Å². The van der Waals surface area contributed by atoms with Gasteiger partial charge in [0.15, 0.2) is 5.17 Å². The van der Waals surface area contributed by atoms with E-state index in [4.69, 9.17) is 0 Å². The molecule has 0 spiro atoms. The first kappa shape index (κ1) is 18.1. The number of halogens is 1. The number of rotatable bonds is 4. The lowest BCUT2D eigenvalue weighted by Gasteiger charge is -2.16. The molecule has 2 N–H and O–H groups in total. The molecule has 0 aliphatic carbocycles. The van der Waals surface area contributed by atoms with Gasteiger partial charge in [-0.15, -0.1) is 0 Å². The lowest BCUT2D eigenvalue weighted by Crippen LogP contribution is -2.25. The molecule has 7 heteroatoms. The fraction of sp³-hybridized carbons (Fsp3) is 0.211. The van der Waals surface area contributed by atoms with Crippen molar-refractivity contribution in [3.05, 3.63) is 65.5 Å². The summed E-state index contributed by atoms with van der Waals surface area (Å²) < 4.78 is 12.9. The van der Waals surface area contributed by atoms with Gasteiger partial charge in [0.1, 0.15) is 5.82 Å². The monoisotopic (exact) mass is 370 g/mol. The van der Waals surface area contributed by atoms with Gasteiger partial charge in [0, 0.05) is 12.7 Å². The molecule has 0 aromatic heterocycles. The van der Waals surface area contributed by atoms with Gasteiger partial charge in [0.25, 0.3) is 0 Å². The zero-order valence-electron chi connectivity index (χ0n) is 14.5. The second-order valence-electron chi connectivity index (χ2n) is 5.90. The molecule has 0 fully saturated rings. The Labute approximate surface area is 155 Å². The van der Waals surface area contributed by atoms with Crippen molar-refractivity contribution in [2.75, 3.05) is 5.75 Å². The average molecular weight is 370 g/mol. The highest BCUT2D eigenvalue weighted by Gasteiger charge is 2.14. The van der Waals surface area contributed by atoms with Crippen LogP contribution < -0.4 is 10.7 Å². The summed E-state index contributed by atoms with van der Waals surface area (Å²) >= 11 is 1.54. The number of hydrogen-bond acceptors (Lipinski definition) is 4. The van der Waals surface area contributed by atoms with Gasteiger partial charge in [-0.1, -0.05) is 36.0 Å². The molecule has 0 radical (unpaired) electrons. The number of amides is 1.